The Morgan fingerprint density at radius 2 is 1.64 bits per heavy atom. The molecule has 1 N–H and O–H groups in total. The molecule has 0 saturated carbocycles. The van der Waals surface area contributed by atoms with Gasteiger partial charge in [-0.15, -0.1) is 10.2 Å². The number of nitrogens with zero attached hydrogens (tertiary/aromatic N) is 3. The van der Waals surface area contributed by atoms with Crippen molar-refractivity contribution in [1.29, 1.82) is 0 Å². The number of thioether (sulfide) groups is 1. The van der Waals surface area contributed by atoms with Gasteiger partial charge in [0.25, 0.3) is 5.78 Å². The van der Waals surface area contributed by atoms with Gasteiger partial charge < -0.3 is 9.84 Å². The summed E-state index contributed by atoms with van der Waals surface area (Å²) in [6.45, 7) is 2.39. The number of aromatic nitrogens is 2. The van der Waals surface area contributed by atoms with Gasteiger partial charge in [-0.25, -0.2) is 4.39 Å². The minimum Gasteiger partial charge on any atom is -0.507 e. The monoisotopic (exact) mass is 623 g/mol. The zero-order valence-electron chi connectivity index (χ0n) is 23.5. The van der Waals surface area contributed by atoms with Gasteiger partial charge >= 0.3 is 5.91 Å². The predicted molar refractivity (Wildman–Crippen MR) is 169 cm³/mol. The van der Waals surface area contributed by atoms with Gasteiger partial charge in [0, 0.05) is 11.3 Å². The van der Waals surface area contributed by atoms with Crippen molar-refractivity contribution in [3.63, 3.8) is 0 Å². The van der Waals surface area contributed by atoms with Crippen LogP contribution in [0, 0.1) is 12.7 Å². The number of ether oxygens (including phenoxy) is 1. The fourth-order valence-electron chi connectivity index (χ4n) is 4.87. The summed E-state index contributed by atoms with van der Waals surface area (Å²) in [5.41, 5.74) is 3.92. The van der Waals surface area contributed by atoms with Crippen LogP contribution in [0.1, 0.15) is 33.9 Å². The van der Waals surface area contributed by atoms with E-state index in [2.05, 4.69) is 10.2 Å². The van der Waals surface area contributed by atoms with E-state index in [4.69, 9.17) is 4.74 Å². The van der Waals surface area contributed by atoms with Crippen LogP contribution in [-0.4, -0.2) is 27.0 Å². The third-order valence-corrected chi connectivity index (χ3v) is 9.35. The van der Waals surface area contributed by atoms with Crippen LogP contribution in [0.25, 0.3) is 5.76 Å². The van der Waals surface area contributed by atoms with Gasteiger partial charge in [0.1, 0.15) is 23.9 Å². The molecule has 7 nitrogen and oxygen atoms in total. The molecule has 44 heavy (non-hydrogen) atoms. The summed E-state index contributed by atoms with van der Waals surface area (Å²) in [5, 5.41) is 20.1. The highest BCUT2D eigenvalue weighted by Crippen LogP contribution is 2.44. The van der Waals surface area contributed by atoms with Gasteiger partial charge in [-0.1, -0.05) is 89.8 Å². The zero-order chi connectivity index (χ0) is 30.6. The van der Waals surface area contributed by atoms with Gasteiger partial charge in [0.15, 0.2) is 4.34 Å². The number of halogens is 1. The van der Waals surface area contributed by atoms with Gasteiger partial charge in [0.2, 0.25) is 5.13 Å². The first kappa shape index (κ1) is 29.3. The molecule has 10 heteroatoms. The van der Waals surface area contributed by atoms with Gasteiger partial charge in [-0.3, -0.25) is 14.5 Å². The summed E-state index contributed by atoms with van der Waals surface area (Å²) in [6, 6.07) is 28.9. The first-order chi connectivity index (χ1) is 21.4. The molecule has 220 valence electrons. The number of aryl methyl sites for hydroxylation is 1. The van der Waals surface area contributed by atoms with E-state index in [1.807, 2.05) is 61.5 Å². The second-order valence-electron chi connectivity index (χ2n) is 10.1. The Labute approximate surface area is 261 Å². The standard InChI is InChI=1S/C34H26FN3O4S2/c1-21-7-5-6-10-25(21)19-42-27-17-13-24(14-18-27)30(39)28-29(23-11-15-26(35)16-12-23)38(32(41)31(28)40)33-36-37-34(44-33)43-20-22-8-3-2-4-9-22/h2-18,29,39H,19-20H2,1H3/b30-28+. The number of ketones is 1. The Morgan fingerprint density at radius 3 is 2.36 bits per heavy atom. The van der Waals surface area contributed by atoms with E-state index in [0.29, 0.717) is 33.6 Å². The maximum absolute atomic E-state index is 13.9. The summed E-state index contributed by atoms with van der Waals surface area (Å²) in [4.78, 5) is 28.2. The Morgan fingerprint density at radius 1 is 0.932 bits per heavy atom. The molecule has 1 saturated heterocycles. The molecular formula is C34H26FN3O4S2. The first-order valence-corrected chi connectivity index (χ1v) is 15.5. The van der Waals surface area contributed by atoms with Crippen LogP contribution in [0.5, 0.6) is 5.75 Å². The second-order valence-corrected chi connectivity index (χ2v) is 12.3. The molecule has 1 unspecified atom stereocenters. The molecule has 0 bridgehead atoms. The van der Waals surface area contributed by atoms with Crippen molar-refractivity contribution < 1.29 is 23.8 Å². The highest BCUT2D eigenvalue weighted by molar-refractivity contribution is 8.00. The van der Waals surface area contributed by atoms with Crippen molar-refractivity contribution in [2.45, 2.75) is 29.7 Å². The Kier molecular flexibility index (Phi) is 8.53. The van der Waals surface area contributed by atoms with Gasteiger partial charge in [-0.05, 0) is 65.6 Å². The number of amides is 1. The highest BCUT2D eigenvalue weighted by atomic mass is 32.2. The predicted octanol–water partition coefficient (Wildman–Crippen LogP) is 7.48. The average molecular weight is 624 g/mol. The quantitative estimate of drug-likeness (QED) is 0.0598. The number of benzene rings is 4. The lowest BCUT2D eigenvalue weighted by Gasteiger charge is -2.22. The molecule has 0 spiro atoms. The van der Waals surface area contributed by atoms with E-state index in [0.717, 1.165) is 16.7 Å². The number of carbonyl (C=O) groups excluding carboxylic acids is 2. The Bertz CT molecular complexity index is 1840. The minimum atomic E-state index is -1.03. The molecule has 5 aromatic rings. The number of hydrogen-bond donors (Lipinski definition) is 1. The van der Waals surface area contributed by atoms with Crippen molar-refractivity contribution in [1.82, 2.24) is 10.2 Å². The number of aliphatic hydroxyl groups excluding tert-OH is 1. The van der Waals surface area contributed by atoms with Crippen molar-refractivity contribution >= 4 is 45.7 Å². The smallest absolute Gasteiger partial charge is 0.301 e. The van der Waals surface area contributed by atoms with Crippen LogP contribution in [0.3, 0.4) is 0 Å². The number of carbonyl (C=O) groups is 2. The maximum atomic E-state index is 13.9. The van der Waals surface area contributed by atoms with E-state index in [1.54, 1.807) is 24.3 Å². The van der Waals surface area contributed by atoms with Crippen molar-refractivity contribution in [2.75, 3.05) is 4.90 Å². The SMILES string of the molecule is Cc1ccccc1COc1ccc(/C(O)=C2\C(=O)C(=O)N(c3nnc(SCc4ccccc4)s3)C2c2ccc(F)cc2)cc1. The molecule has 1 aliphatic heterocycles. The fourth-order valence-corrected chi connectivity index (χ4v) is 6.69. The molecule has 2 heterocycles. The van der Waals surface area contributed by atoms with Crippen LogP contribution in [0.4, 0.5) is 9.52 Å². The summed E-state index contributed by atoms with van der Waals surface area (Å²) < 4.78 is 20.4. The zero-order valence-corrected chi connectivity index (χ0v) is 25.1. The third-order valence-electron chi connectivity index (χ3n) is 7.22. The second kappa shape index (κ2) is 12.8. The fraction of sp³-hybridized carbons (Fsp3) is 0.118. The largest absolute Gasteiger partial charge is 0.507 e. The first-order valence-electron chi connectivity index (χ1n) is 13.7. The molecule has 1 aromatic heterocycles. The molecule has 1 atom stereocenters. The lowest BCUT2D eigenvalue weighted by Crippen LogP contribution is -2.29. The molecule has 1 aliphatic rings. The van der Waals surface area contributed by atoms with E-state index < -0.39 is 23.5 Å². The molecule has 0 aliphatic carbocycles. The van der Waals surface area contributed by atoms with Crippen LogP contribution >= 0.6 is 23.1 Å². The van der Waals surface area contributed by atoms with E-state index >= 15 is 0 Å². The van der Waals surface area contributed by atoms with Gasteiger partial charge in [0.05, 0.1) is 11.6 Å². The summed E-state index contributed by atoms with van der Waals surface area (Å²) in [5.74, 6) is -1.31. The van der Waals surface area contributed by atoms with Crippen molar-refractivity contribution in [3.8, 4) is 5.75 Å². The number of aliphatic hydroxyl groups is 1. The third kappa shape index (κ3) is 6.13. The van der Waals surface area contributed by atoms with E-state index in [-0.39, 0.29) is 16.5 Å². The maximum Gasteiger partial charge on any atom is 0.301 e. The minimum absolute atomic E-state index is 0.121. The summed E-state index contributed by atoms with van der Waals surface area (Å²) >= 11 is 2.63. The lowest BCUT2D eigenvalue weighted by molar-refractivity contribution is -0.132. The van der Waals surface area contributed by atoms with Crippen molar-refractivity contribution in [3.05, 3.63) is 142 Å². The molecule has 4 aromatic carbocycles. The van der Waals surface area contributed by atoms with E-state index in [1.165, 1.54) is 52.3 Å². The van der Waals surface area contributed by atoms with Crippen molar-refractivity contribution in [2.24, 2.45) is 0 Å². The molecule has 1 amide bonds. The number of Topliss-reactive ketones (excluding diaryl/α,β-unsaturated/α-hetero) is 1. The summed E-state index contributed by atoms with van der Waals surface area (Å²) in [6.07, 6.45) is 0. The van der Waals surface area contributed by atoms with Crippen LogP contribution < -0.4 is 9.64 Å². The van der Waals surface area contributed by atoms with Crippen LogP contribution in [0.2, 0.25) is 0 Å². The molecular weight excluding hydrogens is 598 g/mol. The molecule has 6 rings (SSSR count). The molecule has 1 fully saturated rings. The summed E-state index contributed by atoms with van der Waals surface area (Å²) in [7, 11) is 0. The van der Waals surface area contributed by atoms with Crippen LogP contribution in [0.15, 0.2) is 113 Å². The van der Waals surface area contributed by atoms with Gasteiger partial charge in [-0.2, -0.15) is 0 Å². The number of hydrogen-bond acceptors (Lipinski definition) is 8. The highest BCUT2D eigenvalue weighted by Gasteiger charge is 2.48. The average Bonchev–Trinajstić information content (AvgIpc) is 3.62. The Balaban J connectivity index is 1.30. The number of anilines is 1. The molecule has 0 radical (unpaired) electrons. The van der Waals surface area contributed by atoms with E-state index in [9.17, 15) is 19.1 Å². The lowest BCUT2D eigenvalue weighted by atomic mass is 9.95. The van der Waals surface area contributed by atoms with Crippen LogP contribution in [-0.2, 0) is 21.9 Å². The Hall–Kier alpha value is -4.80. The normalized spacial score (nSPS) is 16.0. The topological polar surface area (TPSA) is 92.6 Å². The number of rotatable bonds is 9.